The van der Waals surface area contributed by atoms with Crippen molar-refractivity contribution in [1.29, 1.82) is 0 Å². The highest BCUT2D eigenvalue weighted by Gasteiger charge is 2.40. The third-order valence-corrected chi connectivity index (χ3v) is 6.65. The van der Waals surface area contributed by atoms with Crippen molar-refractivity contribution in [3.63, 3.8) is 0 Å². The van der Waals surface area contributed by atoms with Crippen LogP contribution in [0.1, 0.15) is 42.5 Å². The number of carbonyl (C=O) groups excluding carboxylic acids is 2. The summed E-state index contributed by atoms with van der Waals surface area (Å²) in [5.74, 6) is 0.879. The molecule has 3 aliphatic heterocycles. The predicted octanol–water partition coefficient (Wildman–Crippen LogP) is 3.86. The quantitative estimate of drug-likeness (QED) is 0.781. The van der Waals surface area contributed by atoms with Crippen molar-refractivity contribution in [1.82, 2.24) is 9.80 Å². The average molecular weight is 381 g/mol. The molecule has 1 aromatic rings. The fraction of sp³-hybridized carbons (Fsp3) is 0.579. The number of hydrogen-bond donors (Lipinski definition) is 0. The third-order valence-electron chi connectivity index (χ3n) is 5.91. The average Bonchev–Trinajstić information content (AvgIpc) is 2.87. The van der Waals surface area contributed by atoms with Gasteiger partial charge in [-0.1, -0.05) is 29.6 Å². The van der Waals surface area contributed by atoms with Gasteiger partial charge in [0.15, 0.2) is 0 Å². The Morgan fingerprint density at radius 1 is 0.960 bits per heavy atom. The van der Waals surface area contributed by atoms with E-state index in [-0.39, 0.29) is 17.9 Å². The number of hydrogen-bond acceptors (Lipinski definition) is 2. The van der Waals surface area contributed by atoms with Crippen LogP contribution in [0.3, 0.4) is 0 Å². The maximum atomic E-state index is 13.0. The van der Waals surface area contributed by atoms with Gasteiger partial charge in [0.1, 0.15) is 0 Å². The molecule has 1 saturated carbocycles. The number of amides is 2. The van der Waals surface area contributed by atoms with E-state index in [1.165, 1.54) is 6.42 Å². The molecule has 2 atom stereocenters. The lowest BCUT2D eigenvalue weighted by Crippen LogP contribution is -2.48. The zero-order valence-electron chi connectivity index (χ0n) is 14.1. The monoisotopic (exact) mass is 380 g/mol. The SMILES string of the molecule is O=C(C1CCC1)N1C[C@@H]2CC[C@H](C1)N(C(=O)c1ccc(Cl)c(Cl)c1)C2. The Morgan fingerprint density at radius 2 is 1.76 bits per heavy atom. The Balaban J connectivity index is 1.52. The Labute approximate surface area is 158 Å². The molecule has 4 aliphatic rings. The number of fused-ring (bicyclic) bond motifs is 4. The molecule has 2 bridgehead atoms. The lowest BCUT2D eigenvalue weighted by atomic mass is 9.84. The summed E-state index contributed by atoms with van der Waals surface area (Å²) in [5.41, 5.74) is 0.568. The Morgan fingerprint density at radius 3 is 2.44 bits per heavy atom. The van der Waals surface area contributed by atoms with E-state index < -0.39 is 0 Å². The second-order valence-corrected chi connectivity index (χ2v) is 8.37. The number of carbonyl (C=O) groups is 2. The lowest BCUT2D eigenvalue weighted by molar-refractivity contribution is -0.138. The Kier molecular flexibility index (Phi) is 4.67. The van der Waals surface area contributed by atoms with Gasteiger partial charge in [0, 0.05) is 37.2 Å². The number of halogens is 2. The Hall–Kier alpha value is -1.26. The minimum atomic E-state index is -0.00814. The summed E-state index contributed by atoms with van der Waals surface area (Å²) >= 11 is 12.0. The molecule has 0 unspecified atom stereocenters. The molecular weight excluding hydrogens is 359 g/mol. The summed E-state index contributed by atoms with van der Waals surface area (Å²) in [6.07, 6.45) is 5.27. The van der Waals surface area contributed by atoms with E-state index in [0.29, 0.717) is 34.0 Å². The summed E-state index contributed by atoms with van der Waals surface area (Å²) in [6, 6.07) is 5.14. The number of benzene rings is 1. The summed E-state index contributed by atoms with van der Waals surface area (Å²) in [5, 5.41) is 0.849. The van der Waals surface area contributed by atoms with Gasteiger partial charge in [0.05, 0.1) is 10.0 Å². The van der Waals surface area contributed by atoms with E-state index >= 15 is 0 Å². The van der Waals surface area contributed by atoms with Crippen LogP contribution in [0, 0.1) is 11.8 Å². The maximum absolute atomic E-state index is 13.0. The zero-order valence-corrected chi connectivity index (χ0v) is 15.6. The molecule has 0 N–H and O–H groups in total. The normalized spacial score (nSPS) is 26.3. The van der Waals surface area contributed by atoms with Crippen molar-refractivity contribution in [3.8, 4) is 0 Å². The number of rotatable bonds is 2. The van der Waals surface area contributed by atoms with Gasteiger partial charge < -0.3 is 9.80 Å². The van der Waals surface area contributed by atoms with Crippen LogP contribution in [0.15, 0.2) is 18.2 Å². The van der Waals surface area contributed by atoms with E-state index in [0.717, 1.165) is 38.8 Å². The van der Waals surface area contributed by atoms with E-state index in [2.05, 4.69) is 0 Å². The van der Waals surface area contributed by atoms with Crippen LogP contribution in [0.5, 0.6) is 0 Å². The second-order valence-electron chi connectivity index (χ2n) is 7.55. The molecule has 3 heterocycles. The molecule has 1 aromatic carbocycles. The minimum absolute atomic E-state index is 0.00814. The van der Waals surface area contributed by atoms with Crippen molar-refractivity contribution < 1.29 is 9.59 Å². The molecule has 134 valence electrons. The molecule has 4 nitrogen and oxygen atoms in total. The van der Waals surface area contributed by atoms with Crippen LogP contribution >= 0.6 is 23.2 Å². The molecule has 0 radical (unpaired) electrons. The van der Waals surface area contributed by atoms with Crippen LogP contribution in [0.25, 0.3) is 0 Å². The molecule has 3 saturated heterocycles. The van der Waals surface area contributed by atoms with Gasteiger partial charge in [0.25, 0.3) is 5.91 Å². The van der Waals surface area contributed by atoms with Crippen molar-refractivity contribution in [2.45, 2.75) is 38.1 Å². The lowest BCUT2D eigenvalue weighted by Gasteiger charge is -2.36. The molecule has 2 amide bonds. The van der Waals surface area contributed by atoms with Crippen molar-refractivity contribution in [2.75, 3.05) is 19.6 Å². The zero-order chi connectivity index (χ0) is 17.6. The first-order chi connectivity index (χ1) is 12.0. The van der Waals surface area contributed by atoms with Gasteiger partial charge in [-0.2, -0.15) is 0 Å². The summed E-state index contributed by atoms with van der Waals surface area (Å²) < 4.78 is 0. The summed E-state index contributed by atoms with van der Waals surface area (Å²) in [7, 11) is 0. The van der Waals surface area contributed by atoms with Gasteiger partial charge in [0.2, 0.25) is 5.91 Å². The van der Waals surface area contributed by atoms with Crippen LogP contribution in [0.2, 0.25) is 10.0 Å². The van der Waals surface area contributed by atoms with Gasteiger partial charge in [-0.15, -0.1) is 0 Å². The number of nitrogens with zero attached hydrogens (tertiary/aromatic N) is 2. The third kappa shape index (κ3) is 3.26. The standard InChI is InChI=1S/C19H22Cl2N2O2/c20-16-7-5-14(8-17(16)21)19(25)23-10-12-4-6-15(23)11-22(9-12)18(24)13-2-1-3-13/h5,7-8,12-13,15H,1-4,6,9-11H2/t12-,15+/m0/s1. The van der Waals surface area contributed by atoms with E-state index in [1.807, 2.05) is 9.80 Å². The summed E-state index contributed by atoms with van der Waals surface area (Å²) in [6.45, 7) is 2.17. The first kappa shape index (κ1) is 17.2. The fourth-order valence-electron chi connectivity index (χ4n) is 4.22. The van der Waals surface area contributed by atoms with E-state index in [4.69, 9.17) is 23.2 Å². The van der Waals surface area contributed by atoms with Crippen LogP contribution in [-0.4, -0.2) is 47.3 Å². The fourth-order valence-corrected chi connectivity index (χ4v) is 4.52. The minimum Gasteiger partial charge on any atom is -0.340 e. The topological polar surface area (TPSA) is 40.6 Å². The Bertz CT molecular complexity index is 705. The van der Waals surface area contributed by atoms with Crippen LogP contribution in [-0.2, 0) is 4.79 Å². The molecule has 0 aromatic heterocycles. The van der Waals surface area contributed by atoms with Crippen LogP contribution in [0.4, 0.5) is 0 Å². The second kappa shape index (κ2) is 6.81. The van der Waals surface area contributed by atoms with Gasteiger partial charge in [-0.05, 0) is 49.8 Å². The highest BCUT2D eigenvalue weighted by atomic mass is 35.5. The molecule has 0 spiro atoms. The van der Waals surface area contributed by atoms with Crippen molar-refractivity contribution in [3.05, 3.63) is 33.8 Å². The highest BCUT2D eigenvalue weighted by Crippen LogP contribution is 2.34. The predicted molar refractivity (Wildman–Crippen MR) is 97.9 cm³/mol. The van der Waals surface area contributed by atoms with Gasteiger partial charge in [-0.3, -0.25) is 9.59 Å². The molecule has 1 aliphatic carbocycles. The van der Waals surface area contributed by atoms with Gasteiger partial charge in [-0.25, -0.2) is 0 Å². The van der Waals surface area contributed by atoms with Gasteiger partial charge >= 0.3 is 0 Å². The number of piperidine rings is 1. The first-order valence-electron chi connectivity index (χ1n) is 9.07. The molecule has 25 heavy (non-hydrogen) atoms. The van der Waals surface area contributed by atoms with Crippen molar-refractivity contribution >= 4 is 35.0 Å². The highest BCUT2D eigenvalue weighted by molar-refractivity contribution is 6.42. The maximum Gasteiger partial charge on any atom is 0.254 e. The molecule has 6 heteroatoms. The first-order valence-corrected chi connectivity index (χ1v) is 9.83. The molecule has 4 fully saturated rings. The summed E-state index contributed by atoms with van der Waals surface area (Å²) in [4.78, 5) is 29.6. The van der Waals surface area contributed by atoms with Crippen LogP contribution < -0.4 is 0 Å². The van der Waals surface area contributed by atoms with E-state index in [1.54, 1.807) is 18.2 Å². The van der Waals surface area contributed by atoms with Crippen molar-refractivity contribution in [2.24, 2.45) is 11.8 Å². The molecule has 5 rings (SSSR count). The smallest absolute Gasteiger partial charge is 0.254 e. The van der Waals surface area contributed by atoms with E-state index in [9.17, 15) is 9.59 Å². The largest absolute Gasteiger partial charge is 0.340 e. The molecular formula is C19H22Cl2N2O2.